The van der Waals surface area contributed by atoms with Crippen LogP contribution in [0.1, 0.15) is 18.1 Å². The van der Waals surface area contributed by atoms with Crippen molar-refractivity contribution in [3.05, 3.63) is 83.1 Å². The Balaban J connectivity index is 1.32. The molecule has 0 spiro atoms. The molecule has 44 heavy (non-hydrogen) atoms. The highest BCUT2D eigenvalue weighted by Gasteiger charge is 2.13. The molecule has 0 fully saturated rings. The minimum absolute atomic E-state index is 0.0303. The van der Waals surface area contributed by atoms with Gasteiger partial charge in [-0.3, -0.25) is 4.99 Å². The van der Waals surface area contributed by atoms with Gasteiger partial charge in [0.1, 0.15) is 13.2 Å². The molecule has 1 aliphatic heterocycles. The molecule has 12 heteroatoms. The lowest BCUT2D eigenvalue weighted by Gasteiger charge is -2.15. The third-order valence-electron chi connectivity index (χ3n) is 6.49. The summed E-state index contributed by atoms with van der Waals surface area (Å²) in [4.78, 5) is 18.0. The van der Waals surface area contributed by atoms with E-state index in [1.54, 1.807) is 0 Å². The van der Waals surface area contributed by atoms with E-state index in [1.807, 2.05) is 80.6 Å². The van der Waals surface area contributed by atoms with Crippen molar-refractivity contribution in [1.82, 2.24) is 15.0 Å². The molecule has 4 aromatic rings. The second-order valence-electron chi connectivity index (χ2n) is 9.73. The van der Waals surface area contributed by atoms with Gasteiger partial charge in [0, 0.05) is 28.7 Å². The SMILES string of the molecule is CC(=Nc1ccccc1C)c1ccccc1Nc1nc(Cl)nc(Nc2ccc3c(c2)OCCOCCOCCOCCO3)n1. The number of nitrogens with zero attached hydrogens (tertiary/aromatic N) is 4. The number of benzene rings is 3. The number of hydrogen-bond donors (Lipinski definition) is 2. The van der Waals surface area contributed by atoms with E-state index in [1.165, 1.54) is 0 Å². The van der Waals surface area contributed by atoms with Crippen molar-refractivity contribution in [2.24, 2.45) is 4.99 Å². The predicted molar refractivity (Wildman–Crippen MR) is 171 cm³/mol. The van der Waals surface area contributed by atoms with Crippen LogP contribution in [-0.4, -0.2) is 73.5 Å². The summed E-state index contributed by atoms with van der Waals surface area (Å²) in [6.07, 6.45) is 0. The Bertz CT molecular complexity index is 1570. The van der Waals surface area contributed by atoms with Gasteiger partial charge in [0.05, 0.1) is 45.3 Å². The van der Waals surface area contributed by atoms with E-state index in [9.17, 15) is 0 Å². The molecule has 0 unspecified atom stereocenters. The zero-order chi connectivity index (χ0) is 30.6. The standard InChI is InChI=1S/C32H35ClN6O5/c1-22-7-3-5-9-26(22)34-23(2)25-8-4-6-10-27(25)36-32-38-30(33)37-31(39-32)35-24-11-12-28-29(21-24)44-20-18-42-16-14-40-13-15-41-17-19-43-28/h3-12,21H,13-20H2,1-2H3,(H2,35,36,37,38,39). The van der Waals surface area contributed by atoms with Crippen LogP contribution in [0.25, 0.3) is 0 Å². The number of para-hydroxylation sites is 2. The number of anilines is 4. The fourth-order valence-electron chi connectivity index (χ4n) is 4.33. The average Bonchev–Trinajstić information content (AvgIpc) is 3.02. The van der Waals surface area contributed by atoms with Crippen LogP contribution in [0.5, 0.6) is 11.5 Å². The fraction of sp³-hybridized carbons (Fsp3) is 0.312. The first kappa shape index (κ1) is 31.1. The Hall–Kier alpha value is -4.29. The number of aliphatic imine (C=N–C) groups is 1. The third-order valence-corrected chi connectivity index (χ3v) is 6.66. The molecule has 0 amide bonds. The van der Waals surface area contributed by atoms with E-state index in [0.29, 0.717) is 70.0 Å². The number of nitrogens with one attached hydrogen (secondary N) is 2. The molecule has 1 aliphatic rings. The minimum atomic E-state index is 0.0303. The quantitative estimate of drug-likeness (QED) is 0.239. The highest BCUT2D eigenvalue weighted by Crippen LogP contribution is 2.32. The molecule has 2 N–H and O–H groups in total. The maximum atomic E-state index is 6.32. The smallest absolute Gasteiger partial charge is 0.233 e. The van der Waals surface area contributed by atoms with Gasteiger partial charge < -0.3 is 34.3 Å². The summed E-state index contributed by atoms with van der Waals surface area (Å²) >= 11 is 6.32. The number of halogens is 1. The Labute approximate surface area is 261 Å². The fourth-order valence-corrected chi connectivity index (χ4v) is 4.49. The molecule has 2 heterocycles. The molecule has 0 saturated heterocycles. The zero-order valence-electron chi connectivity index (χ0n) is 24.7. The number of fused-ring (bicyclic) bond motifs is 1. The molecule has 0 radical (unpaired) electrons. The van der Waals surface area contributed by atoms with Crippen molar-refractivity contribution in [3.8, 4) is 11.5 Å². The van der Waals surface area contributed by atoms with Crippen molar-refractivity contribution >= 4 is 46.3 Å². The van der Waals surface area contributed by atoms with Gasteiger partial charge in [0.25, 0.3) is 0 Å². The number of aromatic nitrogens is 3. The summed E-state index contributed by atoms with van der Waals surface area (Å²) in [6.45, 7) is 7.54. The van der Waals surface area contributed by atoms with Crippen LogP contribution in [0.3, 0.4) is 0 Å². The van der Waals surface area contributed by atoms with Gasteiger partial charge in [0.15, 0.2) is 11.5 Å². The number of ether oxygens (including phenoxy) is 5. The minimum Gasteiger partial charge on any atom is -0.487 e. The lowest BCUT2D eigenvalue weighted by molar-refractivity contribution is 0.00708. The lowest BCUT2D eigenvalue weighted by atomic mass is 10.1. The van der Waals surface area contributed by atoms with Crippen LogP contribution in [0.15, 0.2) is 71.7 Å². The molecular formula is C32H35ClN6O5. The van der Waals surface area contributed by atoms with Crippen LogP contribution in [0.2, 0.25) is 5.28 Å². The second-order valence-corrected chi connectivity index (χ2v) is 10.1. The summed E-state index contributed by atoms with van der Waals surface area (Å²) in [5, 5.41) is 6.50. The van der Waals surface area contributed by atoms with Crippen LogP contribution in [0.4, 0.5) is 29.0 Å². The maximum absolute atomic E-state index is 6.32. The van der Waals surface area contributed by atoms with E-state index in [0.717, 1.165) is 28.2 Å². The monoisotopic (exact) mass is 618 g/mol. The van der Waals surface area contributed by atoms with Gasteiger partial charge in [-0.05, 0) is 55.3 Å². The van der Waals surface area contributed by atoms with Crippen molar-refractivity contribution in [2.75, 3.05) is 63.5 Å². The van der Waals surface area contributed by atoms with Crippen molar-refractivity contribution in [1.29, 1.82) is 0 Å². The second kappa shape index (κ2) is 16.0. The van der Waals surface area contributed by atoms with Gasteiger partial charge in [0.2, 0.25) is 17.2 Å². The van der Waals surface area contributed by atoms with E-state index >= 15 is 0 Å². The van der Waals surface area contributed by atoms with E-state index in [-0.39, 0.29) is 17.2 Å². The molecule has 3 aromatic carbocycles. The van der Waals surface area contributed by atoms with Crippen LogP contribution < -0.4 is 20.1 Å². The lowest BCUT2D eigenvalue weighted by Crippen LogP contribution is -2.13. The molecule has 1 aromatic heterocycles. The average molecular weight is 619 g/mol. The van der Waals surface area contributed by atoms with Gasteiger partial charge in [-0.25, -0.2) is 0 Å². The number of hydrogen-bond acceptors (Lipinski definition) is 11. The van der Waals surface area contributed by atoms with Gasteiger partial charge in [-0.15, -0.1) is 0 Å². The van der Waals surface area contributed by atoms with E-state index in [4.69, 9.17) is 40.3 Å². The Morgan fingerprint density at radius 2 is 1.32 bits per heavy atom. The first-order chi connectivity index (χ1) is 21.5. The first-order valence-electron chi connectivity index (χ1n) is 14.3. The number of aryl methyl sites for hydroxylation is 1. The predicted octanol–water partition coefficient (Wildman–Crippen LogP) is 6.28. The molecular weight excluding hydrogens is 584 g/mol. The topological polar surface area (TPSA) is 121 Å². The molecule has 0 aliphatic carbocycles. The van der Waals surface area contributed by atoms with Crippen LogP contribution >= 0.6 is 11.6 Å². The Morgan fingerprint density at radius 1 is 0.705 bits per heavy atom. The summed E-state index contributed by atoms with van der Waals surface area (Å²) < 4.78 is 28.5. The maximum Gasteiger partial charge on any atom is 0.233 e. The Morgan fingerprint density at radius 3 is 2.05 bits per heavy atom. The summed E-state index contributed by atoms with van der Waals surface area (Å²) in [6, 6.07) is 21.3. The first-order valence-corrected chi connectivity index (χ1v) is 14.7. The van der Waals surface area contributed by atoms with Gasteiger partial charge in [-0.1, -0.05) is 36.4 Å². The van der Waals surface area contributed by atoms with E-state index < -0.39 is 0 Å². The molecule has 230 valence electrons. The third kappa shape index (κ3) is 9.10. The summed E-state index contributed by atoms with van der Waals surface area (Å²) in [5.74, 6) is 1.66. The van der Waals surface area contributed by atoms with Crippen molar-refractivity contribution < 1.29 is 23.7 Å². The van der Waals surface area contributed by atoms with Crippen molar-refractivity contribution in [2.45, 2.75) is 13.8 Å². The summed E-state index contributed by atoms with van der Waals surface area (Å²) in [5.41, 5.74) is 5.20. The summed E-state index contributed by atoms with van der Waals surface area (Å²) in [7, 11) is 0. The largest absolute Gasteiger partial charge is 0.487 e. The normalized spacial score (nSPS) is 15.1. The zero-order valence-corrected chi connectivity index (χ0v) is 25.5. The van der Waals surface area contributed by atoms with E-state index in [2.05, 4.69) is 25.6 Å². The molecule has 0 saturated carbocycles. The molecule has 5 rings (SSSR count). The van der Waals surface area contributed by atoms with Gasteiger partial charge >= 0.3 is 0 Å². The molecule has 0 atom stereocenters. The van der Waals surface area contributed by atoms with Gasteiger partial charge in [-0.2, -0.15) is 15.0 Å². The Kier molecular flexibility index (Phi) is 11.3. The highest BCUT2D eigenvalue weighted by atomic mass is 35.5. The van der Waals surface area contributed by atoms with Crippen molar-refractivity contribution in [3.63, 3.8) is 0 Å². The highest BCUT2D eigenvalue weighted by molar-refractivity contribution is 6.28. The molecule has 11 nitrogen and oxygen atoms in total. The molecule has 0 bridgehead atoms. The number of rotatable bonds is 6. The van der Waals surface area contributed by atoms with Crippen LogP contribution in [0, 0.1) is 6.92 Å². The van der Waals surface area contributed by atoms with Crippen LogP contribution in [-0.2, 0) is 14.2 Å².